The van der Waals surface area contributed by atoms with Gasteiger partial charge in [-0.15, -0.1) is 11.3 Å². The van der Waals surface area contributed by atoms with Gasteiger partial charge in [0.2, 0.25) is 5.91 Å². The normalized spacial score (nSPS) is 11.7. The first kappa shape index (κ1) is 16.3. The summed E-state index contributed by atoms with van der Waals surface area (Å²) in [4.78, 5) is 13.6. The number of methoxy groups -OCH3 is 1. The molecule has 0 aliphatic rings. The number of thiophene rings is 1. The first-order valence-electron chi connectivity index (χ1n) is 7.77. The van der Waals surface area contributed by atoms with E-state index in [2.05, 4.69) is 11.4 Å². The average Bonchev–Trinajstić information content (AvgIpc) is 3.15. The van der Waals surface area contributed by atoms with Crippen LogP contribution in [0.5, 0.6) is 5.75 Å². The first-order chi connectivity index (χ1) is 11.8. The van der Waals surface area contributed by atoms with Crippen molar-refractivity contribution in [2.24, 2.45) is 0 Å². The van der Waals surface area contributed by atoms with Crippen molar-refractivity contribution in [3.63, 3.8) is 0 Å². The van der Waals surface area contributed by atoms with Gasteiger partial charge in [0.25, 0.3) is 0 Å². The minimum Gasteiger partial charge on any atom is -0.497 e. The lowest BCUT2D eigenvalue weighted by atomic mass is 10.0. The van der Waals surface area contributed by atoms with Gasteiger partial charge in [-0.05, 0) is 34.7 Å². The van der Waals surface area contributed by atoms with Crippen LogP contribution in [0.1, 0.15) is 22.0 Å². The third-order valence-corrected chi connectivity index (χ3v) is 4.73. The Bertz CT molecular complexity index is 767. The van der Waals surface area contributed by atoms with Gasteiger partial charge in [-0.2, -0.15) is 0 Å². The van der Waals surface area contributed by atoms with E-state index in [9.17, 15) is 4.79 Å². The first-order valence-corrected chi connectivity index (χ1v) is 8.65. The van der Waals surface area contributed by atoms with Crippen LogP contribution in [0, 0.1) is 0 Å². The van der Waals surface area contributed by atoms with Gasteiger partial charge >= 0.3 is 0 Å². The molecule has 3 aromatic rings. The molecule has 0 fully saturated rings. The number of rotatable bonds is 6. The molecule has 4 heteroatoms. The van der Waals surface area contributed by atoms with Crippen LogP contribution < -0.4 is 10.1 Å². The summed E-state index contributed by atoms with van der Waals surface area (Å²) in [7, 11) is 1.63. The Morgan fingerprint density at radius 1 is 1.04 bits per heavy atom. The zero-order chi connectivity index (χ0) is 16.8. The third kappa shape index (κ3) is 4.03. The number of benzene rings is 2. The maximum atomic E-state index is 12.5. The summed E-state index contributed by atoms with van der Waals surface area (Å²) in [5.74, 6) is 0.794. The molecule has 0 unspecified atom stereocenters. The van der Waals surface area contributed by atoms with Crippen molar-refractivity contribution >= 4 is 17.2 Å². The predicted octanol–water partition coefficient (Wildman–Crippen LogP) is 4.21. The number of amides is 1. The minimum atomic E-state index is -0.114. The minimum absolute atomic E-state index is 0.00224. The summed E-state index contributed by atoms with van der Waals surface area (Å²) in [6.07, 6.45) is 0.346. The Morgan fingerprint density at radius 3 is 2.42 bits per heavy atom. The SMILES string of the molecule is COc1ccc(CC(=O)N[C@@H](c2ccccc2)c2cccs2)cc1. The molecule has 3 rings (SSSR count). The van der Waals surface area contributed by atoms with Crippen LogP contribution in [0.3, 0.4) is 0 Å². The Morgan fingerprint density at radius 2 is 1.79 bits per heavy atom. The molecule has 1 heterocycles. The Labute approximate surface area is 145 Å². The van der Waals surface area contributed by atoms with Crippen LogP contribution in [0.15, 0.2) is 72.1 Å². The molecular weight excluding hydrogens is 318 g/mol. The van der Waals surface area contributed by atoms with Crippen molar-refractivity contribution in [2.45, 2.75) is 12.5 Å². The summed E-state index contributed by atoms with van der Waals surface area (Å²) in [6.45, 7) is 0. The molecule has 24 heavy (non-hydrogen) atoms. The van der Waals surface area contributed by atoms with Crippen LogP contribution in [0.4, 0.5) is 0 Å². The van der Waals surface area contributed by atoms with E-state index in [1.165, 1.54) is 0 Å². The fraction of sp³-hybridized carbons (Fsp3) is 0.150. The molecule has 1 atom stereocenters. The van der Waals surface area contributed by atoms with Gasteiger partial charge in [0, 0.05) is 4.88 Å². The molecule has 0 saturated heterocycles. The summed E-state index contributed by atoms with van der Waals surface area (Å²) >= 11 is 1.65. The van der Waals surface area contributed by atoms with Crippen molar-refractivity contribution < 1.29 is 9.53 Å². The zero-order valence-electron chi connectivity index (χ0n) is 13.4. The van der Waals surface area contributed by atoms with Crippen LogP contribution in [0.2, 0.25) is 0 Å². The van der Waals surface area contributed by atoms with E-state index in [4.69, 9.17) is 4.74 Å². The lowest BCUT2D eigenvalue weighted by molar-refractivity contribution is -0.120. The van der Waals surface area contributed by atoms with Crippen LogP contribution >= 0.6 is 11.3 Å². The molecular formula is C20H19NO2S. The molecule has 0 saturated carbocycles. The third-order valence-electron chi connectivity index (χ3n) is 3.79. The van der Waals surface area contributed by atoms with Gasteiger partial charge in [0.05, 0.1) is 19.6 Å². The molecule has 0 spiro atoms. The molecule has 1 N–H and O–H groups in total. The highest BCUT2D eigenvalue weighted by Crippen LogP contribution is 2.26. The number of hydrogen-bond acceptors (Lipinski definition) is 3. The molecule has 3 nitrogen and oxygen atoms in total. The molecule has 122 valence electrons. The largest absolute Gasteiger partial charge is 0.497 e. The van der Waals surface area contributed by atoms with E-state index in [1.54, 1.807) is 18.4 Å². The van der Waals surface area contributed by atoms with Crippen LogP contribution in [-0.4, -0.2) is 13.0 Å². The monoisotopic (exact) mass is 337 g/mol. The number of carbonyl (C=O) groups is 1. The Balaban J connectivity index is 1.73. The summed E-state index contributed by atoms with van der Waals surface area (Å²) < 4.78 is 5.15. The molecule has 1 amide bonds. The van der Waals surface area contributed by atoms with E-state index in [0.717, 1.165) is 21.8 Å². The van der Waals surface area contributed by atoms with E-state index in [0.29, 0.717) is 6.42 Å². The number of hydrogen-bond donors (Lipinski definition) is 1. The highest BCUT2D eigenvalue weighted by atomic mass is 32.1. The van der Waals surface area contributed by atoms with Gasteiger partial charge < -0.3 is 10.1 Å². The van der Waals surface area contributed by atoms with Crippen molar-refractivity contribution in [2.75, 3.05) is 7.11 Å². The number of ether oxygens (including phenoxy) is 1. The summed E-state index contributed by atoms with van der Waals surface area (Å²) in [5, 5.41) is 5.18. The molecule has 0 bridgehead atoms. The molecule has 2 aromatic carbocycles. The van der Waals surface area contributed by atoms with Crippen molar-refractivity contribution in [3.8, 4) is 5.75 Å². The fourth-order valence-corrected chi connectivity index (χ4v) is 3.36. The maximum absolute atomic E-state index is 12.5. The van der Waals surface area contributed by atoms with Gasteiger partial charge in [-0.3, -0.25) is 4.79 Å². The molecule has 1 aromatic heterocycles. The smallest absolute Gasteiger partial charge is 0.225 e. The zero-order valence-corrected chi connectivity index (χ0v) is 14.3. The van der Waals surface area contributed by atoms with Gasteiger partial charge in [-0.25, -0.2) is 0 Å². The predicted molar refractivity (Wildman–Crippen MR) is 97.4 cm³/mol. The maximum Gasteiger partial charge on any atom is 0.225 e. The van der Waals surface area contributed by atoms with Crippen LogP contribution in [-0.2, 0) is 11.2 Å². The molecule has 0 aliphatic heterocycles. The lowest BCUT2D eigenvalue weighted by Crippen LogP contribution is -2.30. The van der Waals surface area contributed by atoms with E-state index in [-0.39, 0.29) is 11.9 Å². The second-order valence-corrected chi connectivity index (χ2v) is 6.43. The quantitative estimate of drug-likeness (QED) is 0.732. The number of carbonyl (C=O) groups excluding carboxylic acids is 1. The van der Waals surface area contributed by atoms with Crippen molar-refractivity contribution in [1.82, 2.24) is 5.32 Å². The fourth-order valence-electron chi connectivity index (χ4n) is 2.56. The van der Waals surface area contributed by atoms with Gasteiger partial charge in [-0.1, -0.05) is 48.5 Å². The van der Waals surface area contributed by atoms with E-state index in [1.807, 2.05) is 66.0 Å². The standard InChI is InChI=1S/C20H19NO2S/c1-23-17-11-9-15(10-12-17)14-19(22)21-20(18-8-5-13-24-18)16-6-3-2-4-7-16/h2-13,20H,14H2,1H3,(H,21,22)/t20-/m0/s1. The Hall–Kier alpha value is -2.59. The highest BCUT2D eigenvalue weighted by Gasteiger charge is 2.17. The van der Waals surface area contributed by atoms with E-state index < -0.39 is 0 Å². The highest BCUT2D eigenvalue weighted by molar-refractivity contribution is 7.10. The van der Waals surface area contributed by atoms with Gasteiger partial charge in [0.15, 0.2) is 0 Å². The second-order valence-electron chi connectivity index (χ2n) is 5.45. The molecule has 0 aliphatic carbocycles. The lowest BCUT2D eigenvalue weighted by Gasteiger charge is -2.18. The summed E-state index contributed by atoms with van der Waals surface area (Å²) in [6, 6.07) is 21.6. The summed E-state index contributed by atoms with van der Waals surface area (Å²) in [5.41, 5.74) is 2.05. The number of nitrogens with one attached hydrogen (secondary N) is 1. The van der Waals surface area contributed by atoms with Crippen molar-refractivity contribution in [1.29, 1.82) is 0 Å². The van der Waals surface area contributed by atoms with Gasteiger partial charge in [0.1, 0.15) is 5.75 Å². The van der Waals surface area contributed by atoms with E-state index >= 15 is 0 Å². The average molecular weight is 337 g/mol. The Kier molecular flexibility index (Phi) is 5.29. The topological polar surface area (TPSA) is 38.3 Å². The molecule has 0 radical (unpaired) electrons. The second kappa shape index (κ2) is 7.79. The van der Waals surface area contributed by atoms with Crippen LogP contribution in [0.25, 0.3) is 0 Å². The van der Waals surface area contributed by atoms with Crippen molar-refractivity contribution in [3.05, 3.63) is 88.1 Å².